The Morgan fingerprint density at radius 1 is 1.26 bits per heavy atom. The normalized spacial score (nSPS) is 14.7. The molecular weight excluding hydrogens is 298 g/mol. The third kappa shape index (κ3) is 14.0. The Bertz CT molecular complexity index is 387. The van der Waals surface area contributed by atoms with Crippen LogP contribution in [0.4, 0.5) is 0 Å². The van der Waals surface area contributed by atoms with E-state index >= 15 is 0 Å². The number of likely N-dealkylation sites (N-methyl/N-ethyl adjacent to an activating group) is 1. The fraction of sp³-hybridized carbons (Fsp3) is 0.765. The van der Waals surface area contributed by atoms with Crippen LogP contribution in [0.1, 0.15) is 45.4 Å². The lowest BCUT2D eigenvalue weighted by Crippen LogP contribution is -2.45. The van der Waals surface area contributed by atoms with Gasteiger partial charge in [0.2, 0.25) is 0 Å². The number of quaternary nitrogens is 1. The molecule has 0 radical (unpaired) electrons. The molecule has 134 valence electrons. The zero-order valence-electron chi connectivity index (χ0n) is 14.8. The summed E-state index contributed by atoms with van der Waals surface area (Å²) in [5, 5.41) is 20.5. The van der Waals surface area contributed by atoms with Gasteiger partial charge in [0.1, 0.15) is 6.54 Å². The number of aliphatic hydroxyl groups is 1. The topological polar surface area (TPSA) is 86.7 Å². The van der Waals surface area contributed by atoms with Crippen LogP contribution in [0.15, 0.2) is 12.2 Å². The highest BCUT2D eigenvalue weighted by Crippen LogP contribution is 2.08. The van der Waals surface area contributed by atoms with E-state index in [0.29, 0.717) is 17.4 Å². The van der Waals surface area contributed by atoms with Crippen molar-refractivity contribution < 1.29 is 29.0 Å². The summed E-state index contributed by atoms with van der Waals surface area (Å²) >= 11 is 0. The third-order valence-corrected chi connectivity index (χ3v) is 3.19. The van der Waals surface area contributed by atoms with E-state index in [9.17, 15) is 19.8 Å². The van der Waals surface area contributed by atoms with E-state index in [1.54, 1.807) is 12.2 Å². The molecule has 0 fully saturated rings. The predicted octanol–water partition coefficient (Wildman–Crippen LogP) is 0.632. The van der Waals surface area contributed by atoms with Crippen LogP contribution < -0.4 is 5.11 Å². The van der Waals surface area contributed by atoms with Gasteiger partial charge < -0.3 is 24.2 Å². The lowest BCUT2D eigenvalue weighted by Gasteiger charge is -2.29. The lowest BCUT2D eigenvalue weighted by atomic mass is 10.1. The number of carboxylic acid groups (broad SMARTS) is 1. The van der Waals surface area contributed by atoms with Crippen LogP contribution >= 0.6 is 0 Å². The lowest BCUT2D eigenvalue weighted by molar-refractivity contribution is -0.873. The maximum absolute atomic E-state index is 11.8. The molecule has 0 bridgehead atoms. The third-order valence-electron chi connectivity index (χ3n) is 3.19. The molecule has 0 aromatic heterocycles. The summed E-state index contributed by atoms with van der Waals surface area (Å²) in [6.45, 7) is 2.49. The molecule has 0 heterocycles. The van der Waals surface area contributed by atoms with Gasteiger partial charge in [-0.2, -0.15) is 0 Å². The highest BCUT2D eigenvalue weighted by atomic mass is 16.5. The van der Waals surface area contributed by atoms with Crippen LogP contribution in [-0.4, -0.2) is 61.4 Å². The molecule has 1 N–H and O–H groups in total. The Morgan fingerprint density at radius 3 is 2.43 bits per heavy atom. The number of hydrogen-bond donors (Lipinski definition) is 1. The van der Waals surface area contributed by atoms with Crippen molar-refractivity contribution in [2.45, 2.75) is 57.7 Å². The second-order valence-electron chi connectivity index (χ2n) is 6.86. The van der Waals surface area contributed by atoms with Gasteiger partial charge in [-0.15, -0.1) is 0 Å². The summed E-state index contributed by atoms with van der Waals surface area (Å²) in [4.78, 5) is 22.5. The van der Waals surface area contributed by atoms with Gasteiger partial charge >= 0.3 is 5.97 Å². The summed E-state index contributed by atoms with van der Waals surface area (Å²) in [5.41, 5.74) is 0. The second kappa shape index (κ2) is 11.2. The molecule has 6 heteroatoms. The van der Waals surface area contributed by atoms with Crippen molar-refractivity contribution in [3.05, 3.63) is 12.2 Å². The van der Waals surface area contributed by atoms with Crippen molar-refractivity contribution in [3.8, 4) is 0 Å². The zero-order valence-corrected chi connectivity index (χ0v) is 14.8. The molecule has 0 aliphatic heterocycles. The first kappa shape index (κ1) is 21.6. The number of carboxylic acids is 1. The maximum Gasteiger partial charge on any atom is 0.310 e. The van der Waals surface area contributed by atoms with Gasteiger partial charge in [-0.05, 0) is 6.42 Å². The molecule has 0 spiro atoms. The quantitative estimate of drug-likeness (QED) is 0.246. The van der Waals surface area contributed by atoms with E-state index in [2.05, 4.69) is 6.92 Å². The van der Waals surface area contributed by atoms with Crippen molar-refractivity contribution in [1.29, 1.82) is 0 Å². The number of esters is 1. The Labute approximate surface area is 139 Å². The van der Waals surface area contributed by atoms with Crippen molar-refractivity contribution in [1.82, 2.24) is 0 Å². The Hall–Kier alpha value is -1.40. The van der Waals surface area contributed by atoms with E-state index in [1.807, 2.05) is 21.1 Å². The van der Waals surface area contributed by atoms with Gasteiger partial charge in [0, 0.05) is 12.4 Å². The Balaban J connectivity index is 4.28. The van der Waals surface area contributed by atoms with Crippen LogP contribution in [0.25, 0.3) is 0 Å². The molecule has 0 saturated carbocycles. The Morgan fingerprint density at radius 2 is 1.91 bits per heavy atom. The van der Waals surface area contributed by atoms with Crippen molar-refractivity contribution in [2.75, 3.05) is 27.7 Å². The minimum absolute atomic E-state index is 0.0194. The predicted molar refractivity (Wildman–Crippen MR) is 86.3 cm³/mol. The second-order valence-corrected chi connectivity index (χ2v) is 6.86. The number of carbonyl (C=O) groups excluding carboxylic acids is 2. The molecular formula is C17H31NO5. The van der Waals surface area contributed by atoms with E-state index in [1.165, 1.54) is 0 Å². The standard InChI is InChI=1S/C17H31NO5/c1-5-6-7-9-14(19)10-8-11-17(22)23-15(12-16(20)21)13-18(2,3)4/h8,10,14-15,19H,5-7,9,11-13H2,1-4H3/b10-8+. The fourth-order valence-electron chi connectivity index (χ4n) is 2.20. The van der Waals surface area contributed by atoms with Gasteiger partial charge in [-0.25, -0.2) is 0 Å². The molecule has 0 aromatic carbocycles. The largest absolute Gasteiger partial charge is 0.550 e. The molecule has 0 amide bonds. The van der Waals surface area contributed by atoms with E-state index < -0.39 is 24.1 Å². The summed E-state index contributed by atoms with van der Waals surface area (Å²) in [5.74, 6) is -1.74. The number of aliphatic carboxylic acids is 1. The van der Waals surface area contributed by atoms with Gasteiger partial charge in [0.25, 0.3) is 0 Å². The highest BCUT2D eigenvalue weighted by Gasteiger charge is 2.21. The first-order valence-electron chi connectivity index (χ1n) is 8.18. The van der Waals surface area contributed by atoms with E-state index in [-0.39, 0.29) is 12.8 Å². The van der Waals surface area contributed by atoms with Gasteiger partial charge in [0.15, 0.2) is 6.10 Å². The zero-order chi connectivity index (χ0) is 17.9. The van der Waals surface area contributed by atoms with Crippen molar-refractivity contribution in [3.63, 3.8) is 0 Å². The van der Waals surface area contributed by atoms with Crippen LogP contribution in [0.3, 0.4) is 0 Å². The van der Waals surface area contributed by atoms with Gasteiger partial charge in [-0.1, -0.05) is 38.3 Å². The van der Waals surface area contributed by atoms with Gasteiger partial charge in [0.05, 0.1) is 33.7 Å². The molecule has 6 nitrogen and oxygen atoms in total. The molecule has 0 aliphatic carbocycles. The summed E-state index contributed by atoms with van der Waals surface area (Å²) in [7, 11) is 5.67. The molecule has 0 aliphatic rings. The number of rotatable bonds is 12. The monoisotopic (exact) mass is 329 g/mol. The maximum atomic E-state index is 11.8. The molecule has 0 saturated heterocycles. The SMILES string of the molecule is CCCCCC(O)/C=C/CC(=O)OC(CC(=O)[O-])C[N+](C)(C)C. The molecule has 0 aromatic rings. The molecule has 23 heavy (non-hydrogen) atoms. The average Bonchev–Trinajstić information content (AvgIpc) is 2.35. The highest BCUT2D eigenvalue weighted by molar-refractivity contribution is 5.72. The summed E-state index contributed by atoms with van der Waals surface area (Å²) in [6.07, 6.45) is 5.38. The minimum Gasteiger partial charge on any atom is -0.550 e. The number of carbonyl (C=O) groups is 2. The van der Waals surface area contributed by atoms with Crippen LogP contribution in [-0.2, 0) is 14.3 Å². The van der Waals surface area contributed by atoms with Crippen molar-refractivity contribution >= 4 is 11.9 Å². The van der Waals surface area contributed by atoms with E-state index in [4.69, 9.17) is 4.74 Å². The number of hydrogen-bond acceptors (Lipinski definition) is 5. The van der Waals surface area contributed by atoms with E-state index in [0.717, 1.165) is 19.3 Å². The van der Waals surface area contributed by atoms with Crippen molar-refractivity contribution in [2.24, 2.45) is 0 Å². The first-order chi connectivity index (χ1) is 10.6. The summed E-state index contributed by atoms with van der Waals surface area (Å²) < 4.78 is 5.69. The molecule has 2 atom stereocenters. The van der Waals surface area contributed by atoms with Crippen LogP contribution in [0.2, 0.25) is 0 Å². The van der Waals surface area contributed by atoms with Crippen LogP contribution in [0, 0.1) is 0 Å². The van der Waals surface area contributed by atoms with Crippen LogP contribution in [0.5, 0.6) is 0 Å². The summed E-state index contributed by atoms with van der Waals surface area (Å²) in [6, 6.07) is 0. The molecule has 2 unspecified atom stereocenters. The average molecular weight is 329 g/mol. The number of ether oxygens (including phenoxy) is 1. The smallest absolute Gasteiger partial charge is 0.310 e. The fourth-order valence-corrected chi connectivity index (χ4v) is 2.20. The molecule has 0 rings (SSSR count). The Kier molecular flexibility index (Phi) is 10.5. The number of nitrogens with zero attached hydrogens (tertiary/aromatic N) is 1. The van der Waals surface area contributed by atoms with Gasteiger partial charge in [-0.3, -0.25) is 4.79 Å². The first-order valence-corrected chi connectivity index (χ1v) is 8.18. The number of unbranched alkanes of at least 4 members (excludes halogenated alkanes) is 2. The minimum atomic E-state index is -1.24. The number of aliphatic hydroxyl groups excluding tert-OH is 1.